The van der Waals surface area contributed by atoms with Gasteiger partial charge in [-0.25, -0.2) is 0 Å². The van der Waals surface area contributed by atoms with Gasteiger partial charge < -0.3 is 15.4 Å². The summed E-state index contributed by atoms with van der Waals surface area (Å²) in [5.41, 5.74) is 2.28. The molecule has 1 rings (SSSR count). The van der Waals surface area contributed by atoms with Crippen molar-refractivity contribution in [2.24, 2.45) is 4.99 Å². The summed E-state index contributed by atoms with van der Waals surface area (Å²) >= 11 is 0. The number of nitrogens with one attached hydrogen (secondary N) is 2. The number of guanidine groups is 1. The van der Waals surface area contributed by atoms with Crippen LogP contribution in [-0.2, 0) is 11.2 Å². The van der Waals surface area contributed by atoms with Gasteiger partial charge in [0.2, 0.25) is 0 Å². The van der Waals surface area contributed by atoms with Crippen LogP contribution in [0, 0.1) is 6.92 Å². The van der Waals surface area contributed by atoms with Crippen molar-refractivity contribution in [1.82, 2.24) is 15.6 Å². The molecule has 0 spiro atoms. The lowest BCUT2D eigenvalue weighted by atomic mass is 10.2. The summed E-state index contributed by atoms with van der Waals surface area (Å²) in [6.45, 7) is 9.81. The predicted molar refractivity (Wildman–Crippen MR) is 98.6 cm³/mol. The minimum Gasteiger partial charge on any atom is -0.380 e. The van der Waals surface area contributed by atoms with Crippen molar-refractivity contribution in [1.29, 1.82) is 0 Å². The molecule has 1 aromatic heterocycles. The molecule has 0 unspecified atom stereocenters. The molecule has 0 saturated carbocycles. The highest BCUT2D eigenvalue weighted by Gasteiger charge is 1.98. The molecule has 0 aromatic carbocycles. The fourth-order valence-corrected chi connectivity index (χ4v) is 1.68. The quantitative estimate of drug-likeness (QED) is 0.301. The summed E-state index contributed by atoms with van der Waals surface area (Å²) in [5.74, 6) is 0.840. The van der Waals surface area contributed by atoms with Crippen molar-refractivity contribution in [3.63, 3.8) is 0 Å². The second kappa shape index (κ2) is 12.8. The van der Waals surface area contributed by atoms with Crippen LogP contribution in [0.15, 0.2) is 23.3 Å². The second-order valence-corrected chi connectivity index (χ2v) is 4.44. The van der Waals surface area contributed by atoms with Crippen LogP contribution in [0.5, 0.6) is 0 Å². The van der Waals surface area contributed by atoms with E-state index in [9.17, 15) is 0 Å². The smallest absolute Gasteiger partial charge is 0.191 e. The fraction of sp³-hybridized carbons (Fsp3) is 0.600. The van der Waals surface area contributed by atoms with E-state index in [4.69, 9.17) is 4.74 Å². The molecule has 5 nitrogen and oxygen atoms in total. The summed E-state index contributed by atoms with van der Waals surface area (Å²) in [6.07, 6.45) is 2.86. The van der Waals surface area contributed by atoms with Gasteiger partial charge in [0, 0.05) is 31.6 Å². The van der Waals surface area contributed by atoms with Crippen LogP contribution in [0.2, 0.25) is 0 Å². The zero-order valence-electron chi connectivity index (χ0n) is 13.2. The van der Waals surface area contributed by atoms with Crippen LogP contribution < -0.4 is 10.6 Å². The van der Waals surface area contributed by atoms with Gasteiger partial charge in [-0.15, -0.1) is 24.0 Å². The minimum absolute atomic E-state index is 0. The largest absolute Gasteiger partial charge is 0.380 e. The van der Waals surface area contributed by atoms with E-state index in [1.165, 1.54) is 5.56 Å². The monoisotopic (exact) mass is 406 g/mol. The van der Waals surface area contributed by atoms with Crippen molar-refractivity contribution in [2.45, 2.75) is 27.2 Å². The zero-order chi connectivity index (χ0) is 14.6. The molecule has 120 valence electrons. The highest BCUT2D eigenvalue weighted by Crippen LogP contribution is 1.99. The first-order chi connectivity index (χ1) is 9.76. The lowest BCUT2D eigenvalue weighted by Crippen LogP contribution is -2.38. The number of aliphatic imine (C=N–C) groups is 1. The fourth-order valence-electron chi connectivity index (χ4n) is 1.68. The number of hydrogen-bond donors (Lipinski definition) is 2. The molecule has 21 heavy (non-hydrogen) atoms. The first-order valence-corrected chi connectivity index (χ1v) is 7.27. The van der Waals surface area contributed by atoms with E-state index in [1.807, 2.05) is 26.1 Å². The molecule has 0 atom stereocenters. The van der Waals surface area contributed by atoms with Crippen LogP contribution >= 0.6 is 24.0 Å². The third kappa shape index (κ3) is 9.62. The average molecular weight is 406 g/mol. The average Bonchev–Trinajstić information content (AvgIpc) is 2.45. The number of nitrogens with zero attached hydrogens (tertiary/aromatic N) is 2. The number of aryl methyl sites for hydroxylation is 1. The molecule has 6 heteroatoms. The maximum Gasteiger partial charge on any atom is 0.191 e. The van der Waals surface area contributed by atoms with E-state index in [0.29, 0.717) is 13.2 Å². The molecule has 0 fully saturated rings. The van der Waals surface area contributed by atoms with Crippen molar-refractivity contribution < 1.29 is 4.74 Å². The molecule has 0 aliphatic heterocycles. The third-order valence-electron chi connectivity index (χ3n) is 2.73. The third-order valence-corrected chi connectivity index (χ3v) is 2.73. The van der Waals surface area contributed by atoms with Gasteiger partial charge in [-0.3, -0.25) is 9.98 Å². The number of ether oxygens (including phenoxy) is 1. The summed E-state index contributed by atoms with van der Waals surface area (Å²) in [7, 11) is 0. The van der Waals surface area contributed by atoms with Crippen LogP contribution in [-0.4, -0.2) is 43.8 Å². The molecule has 0 amide bonds. The molecule has 1 aromatic rings. The maximum atomic E-state index is 5.28. The molecule has 0 aliphatic carbocycles. The Morgan fingerprint density at radius 1 is 1.29 bits per heavy atom. The van der Waals surface area contributed by atoms with Crippen molar-refractivity contribution in [3.8, 4) is 0 Å². The van der Waals surface area contributed by atoms with E-state index in [2.05, 4.69) is 33.6 Å². The van der Waals surface area contributed by atoms with Gasteiger partial charge >= 0.3 is 0 Å². The SMILES string of the molecule is CCNC(=NCCOCC)NCCc1ccc(C)nc1.I. The van der Waals surface area contributed by atoms with Gasteiger partial charge in [-0.2, -0.15) is 0 Å². The van der Waals surface area contributed by atoms with E-state index in [-0.39, 0.29) is 24.0 Å². The summed E-state index contributed by atoms with van der Waals surface area (Å²) < 4.78 is 5.28. The van der Waals surface area contributed by atoms with E-state index < -0.39 is 0 Å². The topological polar surface area (TPSA) is 58.5 Å². The summed E-state index contributed by atoms with van der Waals surface area (Å²) in [5, 5.41) is 6.54. The number of rotatable bonds is 8. The molecule has 2 N–H and O–H groups in total. The maximum absolute atomic E-state index is 5.28. The number of aromatic nitrogens is 1. The highest BCUT2D eigenvalue weighted by molar-refractivity contribution is 14.0. The number of pyridine rings is 1. The Hall–Kier alpha value is -0.890. The van der Waals surface area contributed by atoms with Gasteiger partial charge in [-0.1, -0.05) is 6.07 Å². The minimum atomic E-state index is 0. The number of hydrogen-bond acceptors (Lipinski definition) is 3. The lowest BCUT2D eigenvalue weighted by Gasteiger charge is -2.11. The molecule has 0 radical (unpaired) electrons. The first kappa shape index (κ1) is 20.1. The van der Waals surface area contributed by atoms with E-state index in [0.717, 1.165) is 37.8 Å². The van der Waals surface area contributed by atoms with Crippen molar-refractivity contribution in [3.05, 3.63) is 29.6 Å². The Balaban J connectivity index is 0.00000400. The second-order valence-electron chi connectivity index (χ2n) is 4.44. The van der Waals surface area contributed by atoms with Gasteiger partial charge in [0.1, 0.15) is 0 Å². The van der Waals surface area contributed by atoms with Crippen LogP contribution in [0.3, 0.4) is 0 Å². The lowest BCUT2D eigenvalue weighted by molar-refractivity contribution is 0.155. The van der Waals surface area contributed by atoms with Crippen LogP contribution in [0.1, 0.15) is 25.1 Å². The van der Waals surface area contributed by atoms with Gasteiger partial charge in [-0.05, 0) is 38.8 Å². The van der Waals surface area contributed by atoms with Crippen LogP contribution in [0.25, 0.3) is 0 Å². The molecular weight excluding hydrogens is 379 g/mol. The summed E-state index contributed by atoms with van der Waals surface area (Å²) in [4.78, 5) is 8.74. The van der Waals surface area contributed by atoms with Crippen LogP contribution in [0.4, 0.5) is 0 Å². The predicted octanol–water partition coefficient (Wildman–Crippen LogP) is 2.14. The Morgan fingerprint density at radius 3 is 2.71 bits per heavy atom. The van der Waals surface area contributed by atoms with Gasteiger partial charge in [0.25, 0.3) is 0 Å². The highest BCUT2D eigenvalue weighted by atomic mass is 127. The Kier molecular flexibility index (Phi) is 12.3. The molecule has 0 bridgehead atoms. The molecule has 0 saturated heterocycles. The normalized spacial score (nSPS) is 10.9. The molecular formula is C15H27IN4O. The Bertz CT molecular complexity index is 395. The van der Waals surface area contributed by atoms with E-state index in [1.54, 1.807) is 0 Å². The number of halogens is 1. The van der Waals surface area contributed by atoms with Gasteiger partial charge in [0.15, 0.2) is 5.96 Å². The molecule has 1 heterocycles. The van der Waals surface area contributed by atoms with Crippen molar-refractivity contribution in [2.75, 3.05) is 32.8 Å². The standard InChI is InChI=1S/C15H26N4O.HI/c1-4-16-15(18-10-11-20-5-2)17-9-8-14-7-6-13(3)19-12-14;/h6-7,12H,4-5,8-11H2,1-3H3,(H2,16,17,18);1H. The molecule has 0 aliphatic rings. The zero-order valence-corrected chi connectivity index (χ0v) is 15.5. The van der Waals surface area contributed by atoms with Gasteiger partial charge in [0.05, 0.1) is 13.2 Å². The first-order valence-electron chi connectivity index (χ1n) is 7.27. The van der Waals surface area contributed by atoms with Crippen molar-refractivity contribution >= 4 is 29.9 Å². The Labute approximate surface area is 145 Å². The summed E-state index contributed by atoms with van der Waals surface area (Å²) in [6, 6.07) is 4.15. The Morgan fingerprint density at radius 2 is 2.10 bits per heavy atom. The van der Waals surface area contributed by atoms with E-state index >= 15 is 0 Å².